The second-order valence-corrected chi connectivity index (χ2v) is 5.97. The summed E-state index contributed by atoms with van der Waals surface area (Å²) in [6.07, 6.45) is 0.853. The Balaban J connectivity index is 2.00. The summed E-state index contributed by atoms with van der Waals surface area (Å²) >= 11 is 0. The van der Waals surface area contributed by atoms with Gasteiger partial charge in [0.15, 0.2) is 0 Å². The predicted molar refractivity (Wildman–Crippen MR) is 97.5 cm³/mol. The highest BCUT2D eigenvalue weighted by molar-refractivity contribution is 6.36. The fourth-order valence-electron chi connectivity index (χ4n) is 3.49. The number of fused-ring (bicyclic) bond motifs is 2. The summed E-state index contributed by atoms with van der Waals surface area (Å²) in [5.74, 6) is 0.0634. The Morgan fingerprint density at radius 3 is 2.16 bits per heavy atom. The van der Waals surface area contributed by atoms with Crippen molar-refractivity contribution >= 4 is 28.3 Å². The second kappa shape index (κ2) is 5.74. The quantitative estimate of drug-likeness (QED) is 0.675. The molecule has 0 unspecified atom stereocenters. The zero-order valence-corrected chi connectivity index (χ0v) is 14.1. The lowest BCUT2D eigenvalue weighted by atomic mass is 10.00. The SMILES string of the molecule is CCc1ccc(OC)c2c(N3C(=O)c4ccccc4C3=O)cccc12. The average molecular weight is 331 g/mol. The van der Waals surface area contributed by atoms with E-state index >= 15 is 0 Å². The molecule has 1 aliphatic heterocycles. The third-order valence-electron chi connectivity index (χ3n) is 4.71. The van der Waals surface area contributed by atoms with Crippen molar-refractivity contribution in [2.75, 3.05) is 12.0 Å². The van der Waals surface area contributed by atoms with Gasteiger partial charge >= 0.3 is 0 Å². The van der Waals surface area contributed by atoms with Gasteiger partial charge in [-0.05, 0) is 41.6 Å². The van der Waals surface area contributed by atoms with E-state index in [4.69, 9.17) is 4.74 Å². The summed E-state index contributed by atoms with van der Waals surface area (Å²) in [5.41, 5.74) is 2.59. The normalized spacial score (nSPS) is 13.4. The van der Waals surface area contributed by atoms with Crippen LogP contribution in [0.5, 0.6) is 5.75 Å². The van der Waals surface area contributed by atoms with Crippen LogP contribution in [-0.4, -0.2) is 18.9 Å². The summed E-state index contributed by atoms with van der Waals surface area (Å²) in [4.78, 5) is 27.0. The number of aryl methyl sites for hydroxylation is 1. The van der Waals surface area contributed by atoms with E-state index in [-0.39, 0.29) is 11.8 Å². The van der Waals surface area contributed by atoms with Gasteiger partial charge in [-0.3, -0.25) is 9.59 Å². The minimum atomic E-state index is -0.294. The van der Waals surface area contributed by atoms with Gasteiger partial charge in [-0.15, -0.1) is 0 Å². The number of carbonyl (C=O) groups excluding carboxylic acids is 2. The highest BCUT2D eigenvalue weighted by Crippen LogP contribution is 2.39. The molecule has 1 aliphatic rings. The molecule has 25 heavy (non-hydrogen) atoms. The van der Waals surface area contributed by atoms with Crippen molar-refractivity contribution in [3.05, 3.63) is 71.3 Å². The van der Waals surface area contributed by atoms with Crippen molar-refractivity contribution in [3.8, 4) is 5.75 Å². The molecule has 1 heterocycles. The van der Waals surface area contributed by atoms with Crippen molar-refractivity contribution < 1.29 is 14.3 Å². The third kappa shape index (κ3) is 2.14. The molecule has 3 aromatic carbocycles. The monoisotopic (exact) mass is 331 g/mol. The van der Waals surface area contributed by atoms with Gasteiger partial charge in [0.1, 0.15) is 5.75 Å². The Labute approximate surface area is 145 Å². The van der Waals surface area contributed by atoms with Crippen LogP contribution in [0.4, 0.5) is 5.69 Å². The van der Waals surface area contributed by atoms with Crippen LogP contribution in [-0.2, 0) is 6.42 Å². The predicted octanol–water partition coefficient (Wildman–Crippen LogP) is 4.21. The van der Waals surface area contributed by atoms with Crippen molar-refractivity contribution in [2.24, 2.45) is 0 Å². The molecule has 0 N–H and O–H groups in total. The maximum atomic E-state index is 12.9. The number of amides is 2. The first-order chi connectivity index (χ1) is 12.2. The number of benzene rings is 3. The largest absolute Gasteiger partial charge is 0.496 e. The van der Waals surface area contributed by atoms with Gasteiger partial charge in [0.25, 0.3) is 11.8 Å². The minimum absolute atomic E-state index is 0.294. The van der Waals surface area contributed by atoms with Gasteiger partial charge in [0, 0.05) is 5.39 Å². The number of methoxy groups -OCH3 is 1. The number of hydrogen-bond donors (Lipinski definition) is 0. The maximum Gasteiger partial charge on any atom is 0.266 e. The third-order valence-corrected chi connectivity index (χ3v) is 4.71. The Morgan fingerprint density at radius 2 is 1.56 bits per heavy atom. The molecule has 4 heteroatoms. The van der Waals surface area contributed by atoms with E-state index < -0.39 is 0 Å². The fourth-order valence-corrected chi connectivity index (χ4v) is 3.49. The topological polar surface area (TPSA) is 46.6 Å². The second-order valence-electron chi connectivity index (χ2n) is 5.97. The van der Waals surface area contributed by atoms with Crippen molar-refractivity contribution in [3.63, 3.8) is 0 Å². The van der Waals surface area contributed by atoms with Gasteiger partial charge in [0.05, 0.1) is 23.9 Å². The van der Waals surface area contributed by atoms with Gasteiger partial charge in [0.2, 0.25) is 0 Å². The van der Waals surface area contributed by atoms with E-state index in [1.165, 1.54) is 4.90 Å². The summed E-state index contributed by atoms with van der Waals surface area (Å²) in [6, 6.07) is 16.5. The molecule has 124 valence electrons. The van der Waals surface area contributed by atoms with E-state index in [2.05, 4.69) is 6.92 Å². The molecular formula is C21H17NO3. The Morgan fingerprint density at radius 1 is 0.880 bits per heavy atom. The molecule has 0 fully saturated rings. The number of carbonyl (C=O) groups is 2. The van der Waals surface area contributed by atoms with Crippen LogP contribution in [0.2, 0.25) is 0 Å². The molecule has 0 bridgehead atoms. The number of hydrogen-bond acceptors (Lipinski definition) is 3. The minimum Gasteiger partial charge on any atom is -0.496 e. The van der Waals surface area contributed by atoms with E-state index in [1.807, 2.05) is 24.3 Å². The van der Waals surface area contributed by atoms with Crippen LogP contribution < -0.4 is 9.64 Å². The molecule has 0 atom stereocenters. The number of anilines is 1. The zero-order valence-electron chi connectivity index (χ0n) is 14.1. The van der Waals surface area contributed by atoms with Crippen LogP contribution in [0.1, 0.15) is 33.2 Å². The molecule has 0 aromatic heterocycles. The Bertz CT molecular complexity index is 988. The molecule has 3 aromatic rings. The van der Waals surface area contributed by atoms with Gasteiger partial charge < -0.3 is 4.74 Å². The van der Waals surface area contributed by atoms with E-state index in [9.17, 15) is 9.59 Å². The number of rotatable bonds is 3. The molecule has 0 aliphatic carbocycles. The highest BCUT2D eigenvalue weighted by Gasteiger charge is 2.37. The number of nitrogens with zero attached hydrogens (tertiary/aromatic N) is 1. The lowest BCUT2D eigenvalue weighted by molar-refractivity contribution is 0.0926. The van der Waals surface area contributed by atoms with Gasteiger partial charge in [-0.2, -0.15) is 0 Å². The van der Waals surface area contributed by atoms with E-state index in [0.717, 1.165) is 22.8 Å². The van der Waals surface area contributed by atoms with Crippen LogP contribution in [0.15, 0.2) is 54.6 Å². The smallest absolute Gasteiger partial charge is 0.266 e. The van der Waals surface area contributed by atoms with Crippen LogP contribution >= 0.6 is 0 Å². The number of ether oxygens (including phenoxy) is 1. The summed E-state index contributed by atoms with van der Waals surface area (Å²) < 4.78 is 5.53. The van der Waals surface area contributed by atoms with E-state index in [0.29, 0.717) is 22.6 Å². The van der Waals surface area contributed by atoms with Crippen molar-refractivity contribution in [2.45, 2.75) is 13.3 Å². The van der Waals surface area contributed by atoms with Crippen LogP contribution in [0.25, 0.3) is 10.8 Å². The molecule has 0 spiro atoms. The Kier molecular flexibility index (Phi) is 3.53. The van der Waals surface area contributed by atoms with Crippen LogP contribution in [0.3, 0.4) is 0 Å². The maximum absolute atomic E-state index is 12.9. The first-order valence-electron chi connectivity index (χ1n) is 8.23. The first kappa shape index (κ1) is 15.4. The zero-order chi connectivity index (χ0) is 17.6. The molecule has 4 nitrogen and oxygen atoms in total. The van der Waals surface area contributed by atoms with Gasteiger partial charge in [-0.25, -0.2) is 4.90 Å². The first-order valence-corrected chi connectivity index (χ1v) is 8.23. The molecule has 0 saturated carbocycles. The van der Waals surface area contributed by atoms with Crippen molar-refractivity contribution in [1.29, 1.82) is 0 Å². The van der Waals surface area contributed by atoms with Gasteiger partial charge in [-0.1, -0.05) is 37.3 Å². The lowest BCUT2D eigenvalue weighted by Gasteiger charge is -2.19. The molecule has 0 saturated heterocycles. The molecular weight excluding hydrogens is 314 g/mol. The lowest BCUT2D eigenvalue weighted by Crippen LogP contribution is -2.29. The summed E-state index contributed by atoms with van der Waals surface area (Å²) in [7, 11) is 1.60. The van der Waals surface area contributed by atoms with E-state index in [1.54, 1.807) is 37.4 Å². The number of imide groups is 1. The summed E-state index contributed by atoms with van der Waals surface area (Å²) in [6.45, 7) is 2.08. The molecule has 4 rings (SSSR count). The molecule has 2 amide bonds. The highest BCUT2D eigenvalue weighted by atomic mass is 16.5. The standard InChI is InChI=1S/C21H17NO3/c1-3-13-11-12-18(25-2)19-14(13)9-6-10-17(19)22-20(23)15-7-4-5-8-16(15)21(22)24/h4-12H,3H2,1-2H3. The van der Waals surface area contributed by atoms with Crippen LogP contribution in [0, 0.1) is 0 Å². The summed E-state index contributed by atoms with van der Waals surface area (Å²) in [5, 5.41) is 1.79. The fraction of sp³-hybridized carbons (Fsp3) is 0.143. The Hall–Kier alpha value is -3.14. The van der Waals surface area contributed by atoms with Crippen molar-refractivity contribution in [1.82, 2.24) is 0 Å². The average Bonchev–Trinajstić information content (AvgIpc) is 2.91. The molecule has 0 radical (unpaired) electrons.